The second-order valence-electron chi connectivity index (χ2n) is 7.78. The highest BCUT2D eigenvalue weighted by molar-refractivity contribution is 5.83. The van der Waals surface area contributed by atoms with Crippen molar-refractivity contribution in [3.63, 3.8) is 0 Å². The minimum absolute atomic E-state index is 0.813. The quantitative estimate of drug-likeness (QED) is 0.536. The summed E-state index contributed by atoms with van der Waals surface area (Å²) in [5.41, 5.74) is 4.51. The Morgan fingerprint density at radius 2 is 1.67 bits per heavy atom. The maximum atomic E-state index is 4.58. The molecule has 5 rings (SSSR count). The monoisotopic (exact) mass is 398 g/mol. The van der Waals surface area contributed by atoms with Gasteiger partial charge < -0.3 is 9.88 Å². The third-order valence-corrected chi connectivity index (χ3v) is 5.85. The SMILES string of the molecule is c1ccc(-c2cnc(N3CCN(CCCc4c[nH]c5ccccc45)CC3)nc2)nc1. The fourth-order valence-electron chi connectivity index (χ4n) is 4.15. The van der Waals surface area contributed by atoms with Gasteiger partial charge in [0.2, 0.25) is 5.95 Å². The van der Waals surface area contributed by atoms with Crippen molar-refractivity contribution in [3.05, 3.63) is 72.8 Å². The zero-order valence-electron chi connectivity index (χ0n) is 17.0. The number of anilines is 1. The summed E-state index contributed by atoms with van der Waals surface area (Å²) in [7, 11) is 0. The van der Waals surface area contributed by atoms with Crippen molar-refractivity contribution >= 4 is 16.9 Å². The van der Waals surface area contributed by atoms with Crippen molar-refractivity contribution in [1.82, 2.24) is 24.8 Å². The topological polar surface area (TPSA) is 60.9 Å². The first kappa shape index (κ1) is 18.8. The Balaban J connectivity index is 1.11. The van der Waals surface area contributed by atoms with E-state index in [-0.39, 0.29) is 0 Å². The number of pyridine rings is 1. The number of hydrogen-bond acceptors (Lipinski definition) is 5. The molecule has 0 unspecified atom stereocenters. The molecule has 0 radical (unpaired) electrons. The van der Waals surface area contributed by atoms with E-state index in [9.17, 15) is 0 Å². The molecule has 1 fully saturated rings. The van der Waals surface area contributed by atoms with Crippen molar-refractivity contribution in [2.45, 2.75) is 12.8 Å². The fourth-order valence-corrected chi connectivity index (χ4v) is 4.15. The number of benzene rings is 1. The number of nitrogens with zero attached hydrogens (tertiary/aromatic N) is 5. The third kappa shape index (κ3) is 4.04. The van der Waals surface area contributed by atoms with E-state index in [0.717, 1.165) is 56.4 Å². The molecular weight excluding hydrogens is 372 g/mol. The molecule has 30 heavy (non-hydrogen) atoms. The van der Waals surface area contributed by atoms with E-state index in [1.807, 2.05) is 30.6 Å². The van der Waals surface area contributed by atoms with Gasteiger partial charge in [0.1, 0.15) is 0 Å². The van der Waals surface area contributed by atoms with Crippen LogP contribution in [0.15, 0.2) is 67.3 Å². The number of nitrogens with one attached hydrogen (secondary N) is 1. The van der Waals surface area contributed by atoms with Crippen molar-refractivity contribution in [1.29, 1.82) is 0 Å². The first-order valence-electron chi connectivity index (χ1n) is 10.6. The van der Waals surface area contributed by atoms with Crippen molar-refractivity contribution in [2.75, 3.05) is 37.6 Å². The van der Waals surface area contributed by atoms with Gasteiger partial charge in [-0.3, -0.25) is 9.88 Å². The zero-order chi connectivity index (χ0) is 20.2. The molecule has 0 bridgehead atoms. The van der Waals surface area contributed by atoms with Gasteiger partial charge in [-0.05, 0) is 43.1 Å². The Kier molecular flexibility index (Phi) is 5.40. The number of H-pyrrole nitrogens is 1. The first-order chi connectivity index (χ1) is 14.9. The third-order valence-electron chi connectivity index (χ3n) is 5.85. The number of piperazine rings is 1. The van der Waals surface area contributed by atoms with Crippen LogP contribution in [-0.2, 0) is 6.42 Å². The Morgan fingerprint density at radius 1 is 0.867 bits per heavy atom. The molecule has 0 aliphatic carbocycles. The predicted molar refractivity (Wildman–Crippen MR) is 121 cm³/mol. The lowest BCUT2D eigenvalue weighted by atomic mass is 10.1. The maximum Gasteiger partial charge on any atom is 0.225 e. The van der Waals surface area contributed by atoms with Crippen LogP contribution in [0.1, 0.15) is 12.0 Å². The van der Waals surface area contributed by atoms with Crippen LogP contribution in [0, 0.1) is 0 Å². The molecule has 1 saturated heterocycles. The van der Waals surface area contributed by atoms with Crippen molar-refractivity contribution in [3.8, 4) is 11.3 Å². The van der Waals surface area contributed by atoms with Gasteiger partial charge in [-0.15, -0.1) is 0 Å². The molecule has 4 aromatic rings. The Hall–Kier alpha value is -3.25. The largest absolute Gasteiger partial charge is 0.361 e. The van der Waals surface area contributed by atoms with E-state index in [4.69, 9.17) is 0 Å². The van der Waals surface area contributed by atoms with Crippen LogP contribution in [0.4, 0.5) is 5.95 Å². The second kappa shape index (κ2) is 8.63. The summed E-state index contributed by atoms with van der Waals surface area (Å²) in [5, 5.41) is 1.36. The summed E-state index contributed by atoms with van der Waals surface area (Å²) in [6, 6.07) is 14.4. The van der Waals surface area contributed by atoms with Crippen LogP contribution in [0.2, 0.25) is 0 Å². The lowest BCUT2D eigenvalue weighted by Gasteiger charge is -2.34. The molecule has 0 amide bonds. The summed E-state index contributed by atoms with van der Waals surface area (Å²) in [6.45, 7) is 5.18. The lowest BCUT2D eigenvalue weighted by Crippen LogP contribution is -2.47. The fraction of sp³-hybridized carbons (Fsp3) is 0.292. The number of rotatable bonds is 6. The maximum absolute atomic E-state index is 4.58. The molecule has 3 aromatic heterocycles. The Morgan fingerprint density at radius 3 is 2.47 bits per heavy atom. The molecule has 6 heteroatoms. The molecule has 0 spiro atoms. The molecule has 1 aliphatic heterocycles. The molecule has 0 atom stereocenters. The van der Waals surface area contributed by atoms with Gasteiger partial charge in [-0.1, -0.05) is 24.3 Å². The van der Waals surface area contributed by atoms with Gasteiger partial charge in [0, 0.05) is 67.4 Å². The van der Waals surface area contributed by atoms with Crippen LogP contribution in [-0.4, -0.2) is 57.6 Å². The Bertz CT molecular complexity index is 1080. The van der Waals surface area contributed by atoms with Gasteiger partial charge in [0.25, 0.3) is 0 Å². The zero-order valence-corrected chi connectivity index (χ0v) is 17.0. The summed E-state index contributed by atoms with van der Waals surface area (Å²) in [5.74, 6) is 0.813. The summed E-state index contributed by atoms with van der Waals surface area (Å²) < 4.78 is 0. The number of aromatic amines is 1. The second-order valence-corrected chi connectivity index (χ2v) is 7.78. The van der Waals surface area contributed by atoms with Crippen LogP contribution in [0.25, 0.3) is 22.2 Å². The number of para-hydroxylation sites is 1. The van der Waals surface area contributed by atoms with E-state index >= 15 is 0 Å². The minimum Gasteiger partial charge on any atom is -0.361 e. The van der Waals surface area contributed by atoms with Gasteiger partial charge in [-0.25, -0.2) is 9.97 Å². The smallest absolute Gasteiger partial charge is 0.225 e. The Labute approximate surface area is 176 Å². The highest BCUT2D eigenvalue weighted by Crippen LogP contribution is 2.20. The first-order valence-corrected chi connectivity index (χ1v) is 10.6. The number of aromatic nitrogens is 4. The van der Waals surface area contributed by atoms with Crippen molar-refractivity contribution < 1.29 is 0 Å². The summed E-state index contributed by atoms with van der Waals surface area (Å²) >= 11 is 0. The summed E-state index contributed by atoms with van der Waals surface area (Å²) in [4.78, 5) is 21.7. The van der Waals surface area contributed by atoms with Crippen LogP contribution < -0.4 is 4.90 Å². The van der Waals surface area contributed by atoms with Gasteiger partial charge in [-0.2, -0.15) is 0 Å². The van der Waals surface area contributed by atoms with Gasteiger partial charge in [0.05, 0.1) is 5.69 Å². The molecule has 4 heterocycles. The number of aryl methyl sites for hydroxylation is 1. The van der Waals surface area contributed by atoms with E-state index < -0.39 is 0 Å². The molecule has 1 aromatic carbocycles. The predicted octanol–water partition coefficient (Wildman–Crippen LogP) is 3.77. The normalized spacial score (nSPS) is 15.0. The molecule has 0 saturated carbocycles. The van der Waals surface area contributed by atoms with Crippen molar-refractivity contribution in [2.24, 2.45) is 0 Å². The standard InChI is InChI=1S/C24H26N6/c1-2-9-23-21(7-1)19(16-26-23)6-5-11-29-12-14-30(15-13-29)24-27-17-20(18-28-24)22-8-3-4-10-25-22/h1-4,7-10,16-18,26H,5-6,11-15H2. The van der Waals surface area contributed by atoms with Gasteiger partial charge >= 0.3 is 0 Å². The van der Waals surface area contributed by atoms with Gasteiger partial charge in [0.15, 0.2) is 0 Å². The average Bonchev–Trinajstić information content (AvgIpc) is 3.23. The molecule has 6 nitrogen and oxygen atoms in total. The van der Waals surface area contributed by atoms with E-state index in [2.05, 4.69) is 60.2 Å². The minimum atomic E-state index is 0.813. The van der Waals surface area contributed by atoms with E-state index in [0.29, 0.717) is 0 Å². The van der Waals surface area contributed by atoms with E-state index in [1.165, 1.54) is 22.9 Å². The molecule has 152 valence electrons. The number of hydrogen-bond donors (Lipinski definition) is 1. The molecular formula is C24H26N6. The average molecular weight is 399 g/mol. The van der Waals surface area contributed by atoms with E-state index in [1.54, 1.807) is 6.20 Å². The van der Waals surface area contributed by atoms with Crippen LogP contribution in [0.3, 0.4) is 0 Å². The highest BCUT2D eigenvalue weighted by Gasteiger charge is 2.19. The van der Waals surface area contributed by atoms with Crippen LogP contribution in [0.5, 0.6) is 0 Å². The molecule has 1 N–H and O–H groups in total. The lowest BCUT2D eigenvalue weighted by molar-refractivity contribution is 0.254. The highest BCUT2D eigenvalue weighted by atomic mass is 15.3. The van der Waals surface area contributed by atoms with Crippen LogP contribution >= 0.6 is 0 Å². The molecule has 1 aliphatic rings. The number of fused-ring (bicyclic) bond motifs is 1. The summed E-state index contributed by atoms with van der Waals surface area (Å²) in [6.07, 6.45) is 9.99.